The Morgan fingerprint density at radius 1 is 1.26 bits per heavy atom. The Balaban J connectivity index is 2.52. The van der Waals surface area contributed by atoms with Crippen molar-refractivity contribution in [2.75, 3.05) is 19.3 Å². The number of benzene rings is 1. The Bertz CT molecular complexity index is 532. The second kappa shape index (κ2) is 7.34. The summed E-state index contributed by atoms with van der Waals surface area (Å²) in [6, 6.07) is 6.35. The molecule has 0 saturated carbocycles. The Morgan fingerprint density at radius 2 is 1.89 bits per heavy atom. The van der Waals surface area contributed by atoms with Gasteiger partial charge in [-0.3, -0.25) is 13.8 Å². The van der Waals surface area contributed by atoms with E-state index in [4.69, 9.17) is 6.42 Å². The maximum atomic E-state index is 11.7. The summed E-state index contributed by atoms with van der Waals surface area (Å²) < 4.78 is 11.2. The SMILES string of the molecule is C#CCNC(=O)CNC(=O)c1ccc(S(C)=O)cc1. The van der Waals surface area contributed by atoms with Gasteiger partial charge in [-0.25, -0.2) is 0 Å². The second-order valence-electron chi connectivity index (χ2n) is 3.64. The predicted molar refractivity (Wildman–Crippen MR) is 73.0 cm³/mol. The molecule has 2 amide bonds. The summed E-state index contributed by atoms with van der Waals surface area (Å²) in [4.78, 5) is 23.6. The van der Waals surface area contributed by atoms with Crippen molar-refractivity contribution in [2.24, 2.45) is 0 Å². The zero-order valence-electron chi connectivity index (χ0n) is 10.4. The molecule has 1 aromatic carbocycles. The number of terminal acetylenes is 1. The van der Waals surface area contributed by atoms with E-state index in [9.17, 15) is 13.8 Å². The highest BCUT2D eigenvalue weighted by molar-refractivity contribution is 7.84. The van der Waals surface area contributed by atoms with Crippen LogP contribution in [0.1, 0.15) is 10.4 Å². The first kappa shape index (κ1) is 14.9. The fourth-order valence-electron chi connectivity index (χ4n) is 1.27. The first-order valence-corrected chi connectivity index (χ1v) is 7.02. The topological polar surface area (TPSA) is 75.3 Å². The van der Waals surface area contributed by atoms with Crippen molar-refractivity contribution in [2.45, 2.75) is 4.90 Å². The molecule has 0 saturated heterocycles. The lowest BCUT2D eigenvalue weighted by atomic mass is 10.2. The molecule has 1 atom stereocenters. The molecule has 6 heteroatoms. The minimum absolute atomic E-state index is 0.131. The number of hydrogen-bond acceptors (Lipinski definition) is 3. The highest BCUT2D eigenvalue weighted by Gasteiger charge is 2.08. The van der Waals surface area contributed by atoms with Crippen molar-refractivity contribution in [3.8, 4) is 12.3 Å². The molecule has 0 aliphatic heterocycles. The largest absolute Gasteiger partial charge is 0.344 e. The second-order valence-corrected chi connectivity index (χ2v) is 5.02. The molecule has 0 radical (unpaired) electrons. The first-order valence-electron chi connectivity index (χ1n) is 5.46. The van der Waals surface area contributed by atoms with Gasteiger partial charge in [0.2, 0.25) is 5.91 Å². The normalized spacial score (nSPS) is 11.2. The fraction of sp³-hybridized carbons (Fsp3) is 0.231. The zero-order valence-corrected chi connectivity index (χ0v) is 11.3. The molecule has 0 bridgehead atoms. The predicted octanol–water partition coefficient (Wildman–Crippen LogP) is -0.0968. The Kier molecular flexibility index (Phi) is 5.76. The molecule has 0 aliphatic rings. The molecule has 100 valence electrons. The molecule has 5 nitrogen and oxygen atoms in total. The van der Waals surface area contributed by atoms with Gasteiger partial charge >= 0.3 is 0 Å². The zero-order chi connectivity index (χ0) is 14.3. The van der Waals surface area contributed by atoms with Gasteiger partial charge in [0.1, 0.15) is 0 Å². The molecule has 2 N–H and O–H groups in total. The van der Waals surface area contributed by atoms with Gasteiger partial charge in [0.15, 0.2) is 0 Å². The molecule has 1 unspecified atom stereocenters. The third-order valence-corrected chi connectivity index (χ3v) is 3.18. The summed E-state index contributed by atoms with van der Waals surface area (Å²) in [5.74, 6) is 1.54. The van der Waals surface area contributed by atoms with E-state index in [1.54, 1.807) is 30.5 Å². The molecule has 0 fully saturated rings. The molecule has 1 rings (SSSR count). The Hall–Kier alpha value is -2.13. The van der Waals surface area contributed by atoms with Crippen molar-refractivity contribution >= 4 is 22.6 Å². The monoisotopic (exact) mass is 278 g/mol. The number of amides is 2. The van der Waals surface area contributed by atoms with Crippen LogP contribution in [0.4, 0.5) is 0 Å². The third kappa shape index (κ3) is 4.94. The van der Waals surface area contributed by atoms with E-state index in [1.165, 1.54) is 0 Å². The number of carbonyl (C=O) groups excluding carboxylic acids is 2. The van der Waals surface area contributed by atoms with Crippen LogP contribution in [-0.4, -0.2) is 35.4 Å². The highest BCUT2D eigenvalue weighted by atomic mass is 32.2. The number of hydrogen-bond donors (Lipinski definition) is 2. The van der Waals surface area contributed by atoms with Gasteiger partial charge in [-0.15, -0.1) is 6.42 Å². The highest BCUT2D eigenvalue weighted by Crippen LogP contribution is 2.07. The molecule has 0 spiro atoms. The molecule has 0 aromatic heterocycles. The van der Waals surface area contributed by atoms with Gasteiger partial charge in [0, 0.05) is 27.5 Å². The van der Waals surface area contributed by atoms with Crippen LogP contribution in [0.2, 0.25) is 0 Å². The summed E-state index contributed by atoms with van der Waals surface area (Å²) in [6.07, 6.45) is 6.55. The molecule has 19 heavy (non-hydrogen) atoms. The third-order valence-electron chi connectivity index (χ3n) is 2.25. The van der Waals surface area contributed by atoms with E-state index >= 15 is 0 Å². The summed E-state index contributed by atoms with van der Waals surface area (Å²) in [6.45, 7) is -0.00626. The van der Waals surface area contributed by atoms with Crippen LogP contribution in [0.5, 0.6) is 0 Å². The lowest BCUT2D eigenvalue weighted by molar-refractivity contribution is -0.119. The number of rotatable bonds is 5. The lowest BCUT2D eigenvalue weighted by Crippen LogP contribution is -2.37. The Labute approximate surface area is 114 Å². The maximum absolute atomic E-state index is 11.7. The number of carbonyl (C=O) groups is 2. The minimum atomic E-state index is -1.08. The average molecular weight is 278 g/mol. The van der Waals surface area contributed by atoms with Crippen molar-refractivity contribution in [1.29, 1.82) is 0 Å². The first-order chi connectivity index (χ1) is 9.04. The summed E-state index contributed by atoms with van der Waals surface area (Å²) in [5.41, 5.74) is 0.402. The Morgan fingerprint density at radius 3 is 2.42 bits per heavy atom. The maximum Gasteiger partial charge on any atom is 0.251 e. The average Bonchev–Trinajstić information content (AvgIpc) is 2.42. The molecule has 1 aromatic rings. The van der Waals surface area contributed by atoms with E-state index in [0.29, 0.717) is 10.5 Å². The summed E-state index contributed by atoms with van der Waals surface area (Å²) in [5, 5.41) is 4.89. The summed E-state index contributed by atoms with van der Waals surface area (Å²) in [7, 11) is -1.08. The smallest absolute Gasteiger partial charge is 0.251 e. The van der Waals surface area contributed by atoms with E-state index in [-0.39, 0.29) is 24.9 Å². The fourth-order valence-corrected chi connectivity index (χ4v) is 1.79. The van der Waals surface area contributed by atoms with Gasteiger partial charge in [0.05, 0.1) is 13.1 Å². The van der Waals surface area contributed by atoms with E-state index in [1.807, 2.05) is 0 Å². The van der Waals surface area contributed by atoms with E-state index in [0.717, 1.165) is 0 Å². The lowest BCUT2D eigenvalue weighted by Gasteiger charge is -2.05. The van der Waals surface area contributed by atoms with E-state index in [2.05, 4.69) is 16.6 Å². The molecule has 0 heterocycles. The van der Waals surface area contributed by atoms with E-state index < -0.39 is 10.8 Å². The van der Waals surface area contributed by atoms with Gasteiger partial charge in [-0.1, -0.05) is 5.92 Å². The van der Waals surface area contributed by atoms with Crippen LogP contribution >= 0.6 is 0 Å². The van der Waals surface area contributed by atoms with Crippen LogP contribution in [0.15, 0.2) is 29.2 Å². The van der Waals surface area contributed by atoms with Gasteiger partial charge < -0.3 is 10.6 Å². The van der Waals surface area contributed by atoms with Crippen molar-refractivity contribution in [3.05, 3.63) is 29.8 Å². The standard InChI is InChI=1S/C13H14N2O3S/c1-3-8-14-12(16)9-15-13(17)10-4-6-11(7-5-10)19(2)18/h1,4-7H,8-9H2,2H3,(H,14,16)(H,15,17). The van der Waals surface area contributed by atoms with Crippen LogP contribution in [-0.2, 0) is 15.6 Å². The van der Waals surface area contributed by atoms with Crippen molar-refractivity contribution < 1.29 is 13.8 Å². The van der Waals surface area contributed by atoms with Crippen LogP contribution in [0.3, 0.4) is 0 Å². The van der Waals surface area contributed by atoms with Gasteiger partial charge in [0.25, 0.3) is 5.91 Å². The molecule has 0 aliphatic carbocycles. The molecular formula is C13H14N2O3S. The van der Waals surface area contributed by atoms with Crippen LogP contribution < -0.4 is 10.6 Å². The van der Waals surface area contributed by atoms with Crippen molar-refractivity contribution in [3.63, 3.8) is 0 Å². The minimum Gasteiger partial charge on any atom is -0.344 e. The number of nitrogens with one attached hydrogen (secondary N) is 2. The molecular weight excluding hydrogens is 264 g/mol. The van der Waals surface area contributed by atoms with Crippen molar-refractivity contribution in [1.82, 2.24) is 10.6 Å². The van der Waals surface area contributed by atoms with Crippen LogP contribution in [0, 0.1) is 12.3 Å². The van der Waals surface area contributed by atoms with Crippen LogP contribution in [0.25, 0.3) is 0 Å². The quantitative estimate of drug-likeness (QED) is 0.739. The summed E-state index contributed by atoms with van der Waals surface area (Å²) >= 11 is 0. The van der Waals surface area contributed by atoms with Gasteiger partial charge in [-0.2, -0.15) is 0 Å². The van der Waals surface area contributed by atoms with Gasteiger partial charge in [-0.05, 0) is 24.3 Å².